The number of hydrogen-bond acceptors (Lipinski definition) is 4. The van der Waals surface area contributed by atoms with E-state index in [0.717, 1.165) is 15.6 Å². The van der Waals surface area contributed by atoms with Gasteiger partial charge in [0, 0.05) is 23.5 Å². The van der Waals surface area contributed by atoms with Gasteiger partial charge in [-0.25, -0.2) is 8.42 Å². The van der Waals surface area contributed by atoms with Crippen LogP contribution in [0.4, 0.5) is 0 Å². The van der Waals surface area contributed by atoms with Gasteiger partial charge in [0.15, 0.2) is 0 Å². The quantitative estimate of drug-likeness (QED) is 0.563. The first-order valence-electron chi connectivity index (χ1n) is 10.9. The summed E-state index contributed by atoms with van der Waals surface area (Å²) in [4.78, 5) is 13.0. The fourth-order valence-corrected chi connectivity index (χ4v) is 6.02. The summed E-state index contributed by atoms with van der Waals surface area (Å²) in [7, 11) is -2.23. The average molecular weight is 523 g/mol. The highest BCUT2D eigenvalue weighted by Gasteiger charge is 2.34. The zero-order chi connectivity index (χ0) is 23.5. The van der Waals surface area contributed by atoms with Crippen LogP contribution in [0.15, 0.2) is 51.8 Å². The van der Waals surface area contributed by atoms with Crippen LogP contribution in [0.3, 0.4) is 0 Å². The molecule has 0 bridgehead atoms. The van der Waals surface area contributed by atoms with E-state index in [-0.39, 0.29) is 28.7 Å². The number of nitrogens with one attached hydrogen (secondary N) is 1. The topological polar surface area (TPSA) is 75.7 Å². The first-order valence-corrected chi connectivity index (χ1v) is 13.1. The first-order chi connectivity index (χ1) is 15.1. The van der Waals surface area contributed by atoms with Gasteiger partial charge >= 0.3 is 0 Å². The predicted molar refractivity (Wildman–Crippen MR) is 129 cm³/mol. The monoisotopic (exact) mass is 522 g/mol. The molecular formula is C24H31BrN2O4S. The van der Waals surface area contributed by atoms with Gasteiger partial charge in [-0.05, 0) is 61.1 Å². The predicted octanol–water partition coefficient (Wildman–Crippen LogP) is 4.86. The molecule has 0 aromatic heterocycles. The number of methoxy groups -OCH3 is 1. The summed E-state index contributed by atoms with van der Waals surface area (Å²) in [5, 5.41) is 3.07. The van der Waals surface area contributed by atoms with Crippen molar-refractivity contribution in [1.29, 1.82) is 0 Å². The molecule has 1 aliphatic rings. The Labute approximate surface area is 199 Å². The van der Waals surface area contributed by atoms with Crippen molar-refractivity contribution in [2.45, 2.75) is 50.5 Å². The second-order valence-electron chi connectivity index (χ2n) is 8.53. The SMILES string of the molecule is COc1ccc(C(C)C)cc1S(=O)(=O)N1CCC(C(=O)N[C@H](C)c2cccc(Br)c2)CC1. The van der Waals surface area contributed by atoms with Gasteiger partial charge in [-0.3, -0.25) is 4.79 Å². The maximum Gasteiger partial charge on any atom is 0.246 e. The summed E-state index contributed by atoms with van der Waals surface area (Å²) in [5.74, 6) is 0.308. The summed E-state index contributed by atoms with van der Waals surface area (Å²) in [6.45, 7) is 6.61. The van der Waals surface area contributed by atoms with Crippen molar-refractivity contribution in [2.75, 3.05) is 20.2 Å². The Kier molecular flexibility index (Phi) is 8.01. The van der Waals surface area contributed by atoms with Gasteiger partial charge in [-0.1, -0.05) is 48.0 Å². The maximum atomic E-state index is 13.4. The van der Waals surface area contributed by atoms with Crippen molar-refractivity contribution in [3.63, 3.8) is 0 Å². The van der Waals surface area contributed by atoms with E-state index in [1.807, 2.05) is 51.1 Å². The van der Waals surface area contributed by atoms with Crippen molar-refractivity contribution in [3.8, 4) is 5.75 Å². The van der Waals surface area contributed by atoms with Crippen LogP contribution in [0.25, 0.3) is 0 Å². The Morgan fingerprint density at radius 3 is 2.38 bits per heavy atom. The zero-order valence-corrected chi connectivity index (χ0v) is 21.4. The Morgan fingerprint density at radius 2 is 1.78 bits per heavy atom. The fourth-order valence-electron chi connectivity index (χ4n) is 3.94. The molecule has 32 heavy (non-hydrogen) atoms. The molecule has 0 radical (unpaired) electrons. The minimum Gasteiger partial charge on any atom is -0.495 e. The Morgan fingerprint density at radius 1 is 1.09 bits per heavy atom. The number of halogens is 1. The van der Waals surface area contributed by atoms with E-state index in [1.165, 1.54) is 11.4 Å². The molecule has 1 heterocycles. The molecule has 1 aliphatic heterocycles. The molecule has 0 spiro atoms. The van der Waals surface area contributed by atoms with Crippen LogP contribution >= 0.6 is 15.9 Å². The molecule has 8 heteroatoms. The third-order valence-corrected chi connectivity index (χ3v) is 8.42. The van der Waals surface area contributed by atoms with Crippen molar-refractivity contribution in [2.24, 2.45) is 5.92 Å². The molecule has 0 unspecified atom stereocenters. The largest absolute Gasteiger partial charge is 0.495 e. The molecule has 0 saturated carbocycles. The number of rotatable bonds is 7. The minimum atomic E-state index is -3.71. The molecule has 1 saturated heterocycles. The van der Waals surface area contributed by atoms with E-state index in [1.54, 1.807) is 12.1 Å². The number of piperidine rings is 1. The van der Waals surface area contributed by atoms with Gasteiger partial charge in [0.25, 0.3) is 0 Å². The van der Waals surface area contributed by atoms with E-state index in [4.69, 9.17) is 4.74 Å². The van der Waals surface area contributed by atoms with Crippen LogP contribution in [0.1, 0.15) is 56.7 Å². The van der Waals surface area contributed by atoms with Crippen molar-refractivity contribution < 1.29 is 17.9 Å². The van der Waals surface area contributed by atoms with Gasteiger partial charge in [-0.2, -0.15) is 4.31 Å². The summed E-state index contributed by atoms with van der Waals surface area (Å²) in [5.41, 5.74) is 1.96. The van der Waals surface area contributed by atoms with Crippen molar-refractivity contribution >= 4 is 31.9 Å². The lowest BCUT2D eigenvalue weighted by Crippen LogP contribution is -2.43. The van der Waals surface area contributed by atoms with Crippen LogP contribution in [-0.2, 0) is 14.8 Å². The van der Waals surface area contributed by atoms with Crippen molar-refractivity contribution in [3.05, 3.63) is 58.1 Å². The van der Waals surface area contributed by atoms with Gasteiger partial charge in [0.2, 0.25) is 15.9 Å². The van der Waals surface area contributed by atoms with Gasteiger partial charge in [-0.15, -0.1) is 0 Å². The van der Waals surface area contributed by atoms with Crippen LogP contribution in [0, 0.1) is 5.92 Å². The van der Waals surface area contributed by atoms with Gasteiger partial charge < -0.3 is 10.1 Å². The molecule has 1 fully saturated rings. The molecule has 3 rings (SSSR count). The Balaban J connectivity index is 1.67. The number of carbonyl (C=O) groups is 1. The molecule has 1 amide bonds. The van der Waals surface area contributed by atoms with E-state index < -0.39 is 10.0 Å². The molecule has 2 aromatic carbocycles. The zero-order valence-electron chi connectivity index (χ0n) is 19.0. The number of benzene rings is 2. The lowest BCUT2D eigenvalue weighted by atomic mass is 9.96. The van der Waals surface area contributed by atoms with E-state index in [2.05, 4.69) is 21.2 Å². The molecule has 1 atom stereocenters. The molecule has 1 N–H and O–H groups in total. The molecule has 174 valence electrons. The highest BCUT2D eigenvalue weighted by molar-refractivity contribution is 9.10. The van der Waals surface area contributed by atoms with Crippen LogP contribution in [-0.4, -0.2) is 38.8 Å². The highest BCUT2D eigenvalue weighted by Crippen LogP contribution is 2.32. The average Bonchev–Trinajstić information content (AvgIpc) is 2.78. The number of amides is 1. The number of sulfonamides is 1. The molecular weight excluding hydrogens is 492 g/mol. The summed E-state index contributed by atoms with van der Waals surface area (Å²) in [6.07, 6.45) is 0.977. The molecule has 6 nitrogen and oxygen atoms in total. The highest BCUT2D eigenvalue weighted by atomic mass is 79.9. The second-order valence-corrected chi connectivity index (χ2v) is 11.4. The van der Waals surface area contributed by atoms with Crippen LogP contribution < -0.4 is 10.1 Å². The standard InChI is InChI=1S/C24H31BrN2O4S/c1-16(2)19-8-9-22(31-4)23(15-19)32(29,30)27-12-10-18(11-13-27)24(28)26-17(3)20-6-5-7-21(25)14-20/h5-9,14-18H,10-13H2,1-4H3,(H,26,28)/t17-/m1/s1. The maximum absolute atomic E-state index is 13.4. The van der Waals surface area contributed by atoms with Crippen LogP contribution in [0.2, 0.25) is 0 Å². The first kappa shape index (κ1) is 24.7. The third-order valence-electron chi connectivity index (χ3n) is 6.00. The summed E-state index contributed by atoms with van der Waals surface area (Å²) >= 11 is 3.46. The van der Waals surface area contributed by atoms with Crippen LogP contribution in [0.5, 0.6) is 5.75 Å². The molecule has 0 aliphatic carbocycles. The Bertz CT molecular complexity index is 1060. The number of hydrogen-bond donors (Lipinski definition) is 1. The normalized spacial score (nSPS) is 16.7. The number of ether oxygens (including phenoxy) is 1. The van der Waals surface area contributed by atoms with Gasteiger partial charge in [0.05, 0.1) is 13.2 Å². The van der Waals surface area contributed by atoms with E-state index >= 15 is 0 Å². The fraction of sp³-hybridized carbons (Fsp3) is 0.458. The van der Waals surface area contributed by atoms with E-state index in [9.17, 15) is 13.2 Å². The van der Waals surface area contributed by atoms with Gasteiger partial charge in [0.1, 0.15) is 10.6 Å². The number of carbonyl (C=O) groups excluding carboxylic acids is 1. The summed E-state index contributed by atoms with van der Waals surface area (Å²) < 4.78 is 34.5. The van der Waals surface area contributed by atoms with E-state index in [0.29, 0.717) is 31.7 Å². The molecule has 2 aromatic rings. The lowest BCUT2D eigenvalue weighted by molar-refractivity contribution is -0.126. The second kappa shape index (κ2) is 10.4. The minimum absolute atomic E-state index is 0.0334. The Hall–Kier alpha value is -1.90. The van der Waals surface area contributed by atoms with Crippen molar-refractivity contribution in [1.82, 2.24) is 9.62 Å². The third kappa shape index (κ3) is 5.53. The number of nitrogens with zero attached hydrogens (tertiary/aromatic N) is 1. The smallest absolute Gasteiger partial charge is 0.246 e. The lowest BCUT2D eigenvalue weighted by Gasteiger charge is -2.31. The summed E-state index contributed by atoms with van der Waals surface area (Å²) in [6, 6.07) is 13.0.